The fraction of sp³-hybridized carbons (Fsp3) is 0.522. The molecule has 368 valence electrons. The van der Waals surface area contributed by atoms with Crippen LogP contribution in [0.5, 0.6) is 11.5 Å². The highest BCUT2D eigenvalue weighted by atomic mass is 32.2. The minimum Gasteiger partial charge on any atom is -0.507 e. The van der Waals surface area contributed by atoms with Gasteiger partial charge in [0, 0.05) is 32.9 Å². The molecule has 0 saturated heterocycles. The Balaban J connectivity index is 2.84. The third kappa shape index (κ3) is 17.3. The number of hydrogen-bond donors (Lipinski definition) is 6. The molecular weight excluding hydrogens is 913 g/mol. The van der Waals surface area contributed by atoms with Crippen LogP contribution in [0.4, 0.5) is 0 Å². The molecule has 0 aliphatic heterocycles. The molecule has 5 unspecified atom stereocenters. The van der Waals surface area contributed by atoms with Crippen LogP contribution in [0.15, 0.2) is 60.9 Å². The summed E-state index contributed by atoms with van der Waals surface area (Å²) in [5.74, 6) is -6.10. The molecule has 0 aliphatic carbocycles. The van der Waals surface area contributed by atoms with Gasteiger partial charge in [-0.1, -0.05) is 60.9 Å². The van der Waals surface area contributed by atoms with Gasteiger partial charge in [0.1, 0.15) is 36.1 Å². The lowest BCUT2D eigenvalue weighted by atomic mass is 9.61. The van der Waals surface area contributed by atoms with E-state index in [2.05, 4.69) is 16.7 Å². The number of nitrogens with one attached hydrogen (secondary N) is 2. The maximum absolute atomic E-state index is 14.9. The number of carboxylic acid groups (broad SMARTS) is 1. The van der Waals surface area contributed by atoms with E-state index in [1.54, 1.807) is 44.2 Å². The molecule has 0 aromatic heterocycles. The van der Waals surface area contributed by atoms with Crippen molar-refractivity contribution >= 4 is 63.9 Å². The molecule has 67 heavy (non-hydrogen) atoms. The number of carbonyl (C=O) groups excluding carboxylic acids is 5. The molecule has 2 rings (SSSR count). The Morgan fingerprint density at radius 2 is 1.39 bits per heavy atom. The molecule has 2 aromatic carbocycles. The molecule has 21 heteroatoms. The van der Waals surface area contributed by atoms with Crippen molar-refractivity contribution in [3.63, 3.8) is 0 Å². The number of hydrogen-bond acceptors (Lipinski definition) is 18. The van der Waals surface area contributed by atoms with Crippen LogP contribution in [-0.2, 0) is 47.7 Å². The van der Waals surface area contributed by atoms with Gasteiger partial charge < -0.3 is 54.5 Å². The number of thiocarbonyl (C=S) groups is 1. The van der Waals surface area contributed by atoms with Crippen LogP contribution in [0, 0.1) is 22.8 Å². The van der Waals surface area contributed by atoms with Gasteiger partial charge in [0.05, 0.1) is 51.5 Å². The Morgan fingerprint density at radius 1 is 0.821 bits per heavy atom. The second-order valence-electron chi connectivity index (χ2n) is 17.1. The summed E-state index contributed by atoms with van der Waals surface area (Å²) in [4.78, 5) is 85.2. The number of thioether (sulfide) groups is 1. The number of phenolic OH excluding ortho intramolecular Hbond substituents is 1. The number of benzene rings is 2. The van der Waals surface area contributed by atoms with Gasteiger partial charge in [0.25, 0.3) is 5.91 Å². The van der Waals surface area contributed by atoms with Crippen LogP contribution in [0.3, 0.4) is 0 Å². The van der Waals surface area contributed by atoms with E-state index in [9.17, 15) is 39.0 Å². The predicted molar refractivity (Wildman–Crippen MR) is 250 cm³/mol. The summed E-state index contributed by atoms with van der Waals surface area (Å²) in [6.45, 7) is 19.2. The Labute approximate surface area is 400 Å². The minimum absolute atomic E-state index is 0.00249. The molecule has 1 amide bonds. The number of esters is 4. The number of carboxylic acids is 1. The van der Waals surface area contributed by atoms with Gasteiger partial charge in [-0.05, 0) is 71.6 Å². The summed E-state index contributed by atoms with van der Waals surface area (Å²) in [7, 11) is 1.40. The van der Waals surface area contributed by atoms with Gasteiger partial charge in [-0.25, -0.2) is 12.1 Å². The lowest BCUT2D eigenvalue weighted by Crippen LogP contribution is -2.50. The number of nitrogens with two attached hydrogens (primary N) is 1. The molecule has 0 radical (unpaired) electrons. The van der Waals surface area contributed by atoms with Crippen molar-refractivity contribution in [3.8, 4) is 11.5 Å². The number of nitrogens with zero attached hydrogens (tertiary/aromatic N) is 1. The molecule has 2 aromatic rings. The van der Waals surface area contributed by atoms with Gasteiger partial charge in [-0.15, -0.1) is 0 Å². The number of carbonyl (C=O) groups is 6. The van der Waals surface area contributed by atoms with Crippen LogP contribution in [0.1, 0.15) is 96.0 Å². The van der Waals surface area contributed by atoms with Crippen molar-refractivity contribution in [2.75, 3.05) is 46.9 Å². The molecule has 0 heterocycles. The van der Waals surface area contributed by atoms with Crippen LogP contribution >= 0.6 is 24.0 Å². The standard InChI is InChI=1S/C46H62N4O15S2/c1-10-61-41(58)46(7,67-37(66)31-14-12-11-13-15-31)28-44(5,40(57)65-29-49-30(2)47)26-42(3,38(55)64-23-22-62-32-16-17-33(34(51)24-32)36(54)50-59)25-43(4,39(56)63-21-20-60-9)27-45(6,48-8)19-18-35(52)53/h11-17,24,49,51,59H,2,10,18-23,25-29,47H2,1,3-7,9H3,(H,50,54)(H,52,53). The van der Waals surface area contributed by atoms with E-state index in [-0.39, 0.29) is 62.8 Å². The number of rotatable bonds is 29. The average molecular weight is 975 g/mol. The summed E-state index contributed by atoms with van der Waals surface area (Å²) >= 11 is 6.77. The van der Waals surface area contributed by atoms with E-state index in [0.717, 1.165) is 17.8 Å². The summed E-state index contributed by atoms with van der Waals surface area (Å²) in [6, 6.07) is 12.4. The molecule has 7 N–H and O–H groups in total. The Morgan fingerprint density at radius 3 is 1.91 bits per heavy atom. The van der Waals surface area contributed by atoms with Crippen LogP contribution in [0.2, 0.25) is 0 Å². The Hall–Kier alpha value is -5.95. The maximum Gasteiger partial charge on any atom is 0.322 e. The molecule has 0 saturated carbocycles. The van der Waals surface area contributed by atoms with E-state index in [1.807, 2.05) is 0 Å². The van der Waals surface area contributed by atoms with E-state index in [1.165, 1.54) is 52.4 Å². The number of amides is 1. The number of methoxy groups -OCH3 is 1. The van der Waals surface area contributed by atoms with Crippen LogP contribution in [-0.4, -0.2) is 113 Å². The quantitative estimate of drug-likeness (QED) is 0.00834. The first-order valence-corrected chi connectivity index (χ1v) is 22.2. The third-order valence-electron chi connectivity index (χ3n) is 10.6. The van der Waals surface area contributed by atoms with Crippen LogP contribution in [0.25, 0.3) is 4.85 Å². The van der Waals surface area contributed by atoms with Crippen molar-refractivity contribution in [1.29, 1.82) is 0 Å². The summed E-state index contributed by atoms with van der Waals surface area (Å²) in [5, 5.41) is 31.4. The first-order chi connectivity index (χ1) is 31.3. The van der Waals surface area contributed by atoms with Gasteiger partial charge in [-0.3, -0.25) is 34.0 Å². The minimum atomic E-state index is -1.90. The monoisotopic (exact) mass is 974 g/mol. The van der Waals surface area contributed by atoms with Crippen molar-refractivity contribution in [2.45, 2.75) is 90.4 Å². The zero-order valence-electron chi connectivity index (χ0n) is 38.9. The lowest BCUT2D eigenvalue weighted by Gasteiger charge is -2.43. The molecule has 0 bridgehead atoms. The smallest absolute Gasteiger partial charge is 0.322 e. The highest BCUT2D eigenvalue weighted by Gasteiger charge is 2.57. The van der Waals surface area contributed by atoms with Crippen molar-refractivity contribution < 1.29 is 72.6 Å². The average Bonchev–Trinajstić information content (AvgIpc) is 3.26. The highest BCUT2D eigenvalue weighted by molar-refractivity contribution is 8.25. The summed E-state index contributed by atoms with van der Waals surface area (Å²) in [5.41, 5.74) is 0.501. The lowest BCUT2D eigenvalue weighted by molar-refractivity contribution is -0.171. The first kappa shape index (κ1) is 57.2. The summed E-state index contributed by atoms with van der Waals surface area (Å²) < 4.78 is 32.1. The van der Waals surface area contributed by atoms with Gasteiger partial charge in [-0.2, -0.15) is 0 Å². The fourth-order valence-electron chi connectivity index (χ4n) is 7.84. The zero-order valence-corrected chi connectivity index (χ0v) is 40.5. The van der Waals surface area contributed by atoms with E-state index < -0.39 is 101 Å². The topological polar surface area (TPSA) is 273 Å². The Bertz CT molecular complexity index is 2140. The zero-order chi connectivity index (χ0) is 50.6. The number of aromatic hydroxyl groups is 1. The van der Waals surface area contributed by atoms with Crippen molar-refractivity contribution in [3.05, 3.63) is 83.5 Å². The van der Waals surface area contributed by atoms with E-state index >= 15 is 0 Å². The maximum atomic E-state index is 14.9. The van der Waals surface area contributed by atoms with Gasteiger partial charge >= 0.3 is 29.8 Å². The largest absolute Gasteiger partial charge is 0.507 e. The first-order valence-electron chi connectivity index (χ1n) is 21.0. The second-order valence-corrected chi connectivity index (χ2v) is 19.3. The predicted octanol–water partition coefficient (Wildman–Crippen LogP) is 5.70. The van der Waals surface area contributed by atoms with Crippen LogP contribution < -0.4 is 21.3 Å². The third-order valence-corrected chi connectivity index (χ3v) is 12.3. The second kappa shape index (κ2) is 25.8. The number of phenols is 1. The highest BCUT2D eigenvalue weighted by Crippen LogP contribution is 2.52. The van der Waals surface area contributed by atoms with Crippen molar-refractivity contribution in [2.24, 2.45) is 22.0 Å². The van der Waals surface area contributed by atoms with Crippen molar-refractivity contribution in [1.82, 2.24) is 10.8 Å². The van der Waals surface area contributed by atoms with Gasteiger partial charge in [0.2, 0.25) is 5.54 Å². The number of aliphatic carboxylic acids is 1. The SMILES string of the molecule is [C-]#[N+]C(C)(CCC(=O)O)CC(C)(CC(C)(CC(C)(CC(C)(SC(=S)c1ccccc1)C(=O)OCC)C(=O)OCNC(=C)N)C(=O)OCCOc1ccc(C(=O)NO)c(O)c1)C(=O)OCCOC. The fourth-order valence-corrected chi connectivity index (χ4v) is 9.73. The molecular formula is C46H62N4O15S2. The Kier molecular flexibility index (Phi) is 22.0. The number of ether oxygens (including phenoxy) is 6. The summed E-state index contributed by atoms with van der Waals surface area (Å²) in [6.07, 6.45) is -2.21. The molecule has 0 aliphatic rings. The van der Waals surface area contributed by atoms with E-state index in [0.29, 0.717) is 9.76 Å². The number of hydroxylamine groups is 1. The molecule has 5 atom stereocenters. The molecule has 0 fully saturated rings. The normalized spacial score (nSPS) is 15.4. The van der Waals surface area contributed by atoms with E-state index in [4.69, 9.17) is 58.2 Å². The van der Waals surface area contributed by atoms with Gasteiger partial charge in [0.15, 0.2) is 6.73 Å². The molecule has 0 spiro atoms. The molecule has 19 nitrogen and oxygen atoms in total.